The Morgan fingerprint density at radius 3 is 1.92 bits per heavy atom. The van der Waals surface area contributed by atoms with Crippen LogP contribution in [0.15, 0.2) is 156 Å². The second-order valence-corrected chi connectivity index (χ2v) is 13.7. The average Bonchev–Trinajstić information content (AvgIpc) is 3.66. The third-order valence-corrected chi connectivity index (χ3v) is 10.3. The van der Waals surface area contributed by atoms with E-state index < -0.39 is 0 Å². The van der Waals surface area contributed by atoms with Crippen LogP contribution >= 0.6 is 0 Å². The molecular formula is C46H31N3O. The highest BCUT2D eigenvalue weighted by Crippen LogP contribution is 2.49. The first-order chi connectivity index (χ1) is 24.5. The van der Waals surface area contributed by atoms with Gasteiger partial charge in [-0.3, -0.25) is 0 Å². The lowest BCUT2D eigenvalue weighted by atomic mass is 9.82. The fourth-order valence-corrected chi connectivity index (χ4v) is 7.73. The summed E-state index contributed by atoms with van der Waals surface area (Å²) in [5.74, 6) is 1.81. The molecule has 0 N–H and O–H groups in total. The third kappa shape index (κ3) is 4.42. The number of aromatic nitrogens is 3. The summed E-state index contributed by atoms with van der Waals surface area (Å²) in [5.41, 5.74) is 12.1. The second-order valence-electron chi connectivity index (χ2n) is 13.7. The summed E-state index contributed by atoms with van der Waals surface area (Å²) in [6, 6.07) is 53.3. The van der Waals surface area contributed by atoms with Crippen LogP contribution in [0.3, 0.4) is 0 Å². The van der Waals surface area contributed by atoms with Gasteiger partial charge in [-0.1, -0.05) is 135 Å². The van der Waals surface area contributed by atoms with Gasteiger partial charge in [-0.05, 0) is 74.5 Å². The zero-order valence-electron chi connectivity index (χ0n) is 27.7. The van der Waals surface area contributed by atoms with Crippen molar-refractivity contribution in [1.29, 1.82) is 0 Å². The molecule has 4 heteroatoms. The van der Waals surface area contributed by atoms with Crippen molar-refractivity contribution >= 4 is 32.7 Å². The van der Waals surface area contributed by atoms with E-state index in [0.29, 0.717) is 17.5 Å². The summed E-state index contributed by atoms with van der Waals surface area (Å²) >= 11 is 0. The van der Waals surface area contributed by atoms with Crippen LogP contribution in [-0.4, -0.2) is 15.0 Å². The van der Waals surface area contributed by atoms with Crippen molar-refractivity contribution < 1.29 is 4.42 Å². The largest absolute Gasteiger partial charge is 0.455 e. The number of para-hydroxylation sites is 2. The molecule has 0 amide bonds. The lowest BCUT2D eigenvalue weighted by Gasteiger charge is -2.21. The van der Waals surface area contributed by atoms with E-state index in [9.17, 15) is 0 Å². The van der Waals surface area contributed by atoms with E-state index in [-0.39, 0.29) is 5.41 Å². The zero-order valence-corrected chi connectivity index (χ0v) is 27.7. The van der Waals surface area contributed by atoms with Gasteiger partial charge in [-0.2, -0.15) is 0 Å². The minimum Gasteiger partial charge on any atom is -0.455 e. The minimum absolute atomic E-state index is 0.0132. The predicted molar refractivity (Wildman–Crippen MR) is 204 cm³/mol. The number of hydrogen-bond donors (Lipinski definition) is 0. The van der Waals surface area contributed by atoms with Crippen molar-refractivity contribution in [2.45, 2.75) is 19.3 Å². The Bertz CT molecular complexity index is 2790. The van der Waals surface area contributed by atoms with E-state index >= 15 is 0 Å². The number of rotatable bonds is 4. The lowest BCUT2D eigenvalue weighted by Crippen LogP contribution is -2.14. The SMILES string of the molecule is CC1(C)c2ccccc2-c2cc(-c3ccc4ccc(-c5nc(-c6ccccc6)nc(-c6cccc7c6oc6ccccc67)n5)cc4c3)ccc21. The minimum atomic E-state index is -0.0132. The van der Waals surface area contributed by atoms with E-state index in [2.05, 4.69) is 105 Å². The van der Waals surface area contributed by atoms with Gasteiger partial charge in [0, 0.05) is 27.3 Å². The quantitative estimate of drug-likeness (QED) is 0.192. The molecule has 2 aromatic heterocycles. The Kier molecular flexibility index (Phi) is 6.19. The number of fused-ring (bicyclic) bond motifs is 7. The van der Waals surface area contributed by atoms with Crippen molar-refractivity contribution in [3.05, 3.63) is 163 Å². The molecule has 10 rings (SSSR count). The van der Waals surface area contributed by atoms with Crippen molar-refractivity contribution in [1.82, 2.24) is 15.0 Å². The van der Waals surface area contributed by atoms with Gasteiger partial charge in [0.15, 0.2) is 17.5 Å². The molecule has 9 aromatic rings. The first-order valence-corrected chi connectivity index (χ1v) is 17.0. The Hall–Kier alpha value is -6.39. The fourth-order valence-electron chi connectivity index (χ4n) is 7.73. The maximum atomic E-state index is 6.40. The molecule has 2 heterocycles. The summed E-state index contributed by atoms with van der Waals surface area (Å²) < 4.78 is 6.40. The molecule has 0 saturated heterocycles. The maximum absolute atomic E-state index is 6.40. The monoisotopic (exact) mass is 641 g/mol. The maximum Gasteiger partial charge on any atom is 0.167 e. The van der Waals surface area contributed by atoms with Crippen LogP contribution in [0.2, 0.25) is 0 Å². The number of benzene rings is 7. The molecule has 0 bridgehead atoms. The van der Waals surface area contributed by atoms with Gasteiger partial charge in [0.1, 0.15) is 11.2 Å². The molecule has 4 nitrogen and oxygen atoms in total. The van der Waals surface area contributed by atoms with Gasteiger partial charge in [0.05, 0.1) is 5.56 Å². The molecule has 0 unspecified atom stereocenters. The van der Waals surface area contributed by atoms with Gasteiger partial charge in [0.2, 0.25) is 0 Å². The molecule has 236 valence electrons. The predicted octanol–water partition coefficient (Wildman–Crippen LogP) is 11.9. The second kappa shape index (κ2) is 10.8. The fraction of sp³-hybridized carbons (Fsp3) is 0.0652. The molecule has 1 aliphatic carbocycles. The topological polar surface area (TPSA) is 51.8 Å². The van der Waals surface area contributed by atoms with Crippen LogP contribution in [0.1, 0.15) is 25.0 Å². The van der Waals surface area contributed by atoms with Gasteiger partial charge in [-0.25, -0.2) is 15.0 Å². The van der Waals surface area contributed by atoms with Crippen LogP contribution < -0.4 is 0 Å². The van der Waals surface area contributed by atoms with Crippen LogP contribution in [0.5, 0.6) is 0 Å². The lowest BCUT2D eigenvalue weighted by molar-refractivity contribution is 0.660. The van der Waals surface area contributed by atoms with E-state index in [0.717, 1.165) is 49.4 Å². The Morgan fingerprint density at radius 2 is 1.04 bits per heavy atom. The average molecular weight is 642 g/mol. The summed E-state index contributed by atoms with van der Waals surface area (Å²) in [6.45, 7) is 4.64. The van der Waals surface area contributed by atoms with Crippen LogP contribution in [0.4, 0.5) is 0 Å². The van der Waals surface area contributed by atoms with Gasteiger partial charge in [-0.15, -0.1) is 0 Å². The van der Waals surface area contributed by atoms with Crippen LogP contribution in [0, 0.1) is 0 Å². The van der Waals surface area contributed by atoms with Crippen LogP contribution in [0.25, 0.3) is 89.1 Å². The normalized spacial score (nSPS) is 13.2. The molecule has 50 heavy (non-hydrogen) atoms. The highest BCUT2D eigenvalue weighted by atomic mass is 16.3. The Labute approximate surface area is 289 Å². The van der Waals surface area contributed by atoms with E-state index in [4.69, 9.17) is 19.4 Å². The molecule has 0 radical (unpaired) electrons. The summed E-state index contributed by atoms with van der Waals surface area (Å²) in [7, 11) is 0. The summed E-state index contributed by atoms with van der Waals surface area (Å²) in [5, 5.41) is 4.40. The first kappa shape index (κ1) is 28.6. The first-order valence-electron chi connectivity index (χ1n) is 17.0. The summed E-state index contributed by atoms with van der Waals surface area (Å²) in [4.78, 5) is 15.1. The number of furan rings is 1. The molecule has 0 aliphatic heterocycles. The van der Waals surface area contributed by atoms with Gasteiger partial charge >= 0.3 is 0 Å². The molecule has 1 aliphatic rings. The molecule has 7 aromatic carbocycles. The standard InChI is InChI=1S/C46H31N3O/c1-46(2)39-17-8-6-13-34(39)38-27-31(23-24-40(38)46)30-21-19-28-20-22-32(26-33(28)25-30)44-47-43(29-11-4-3-5-12-29)48-45(49-44)37-16-10-15-36-35-14-7-9-18-41(35)50-42(36)37/h3-27H,1-2H3. The smallest absolute Gasteiger partial charge is 0.167 e. The highest BCUT2D eigenvalue weighted by molar-refractivity contribution is 6.09. The van der Waals surface area contributed by atoms with E-state index in [1.165, 1.54) is 33.4 Å². The van der Waals surface area contributed by atoms with Crippen molar-refractivity contribution in [2.75, 3.05) is 0 Å². The molecule has 0 spiro atoms. The summed E-state index contributed by atoms with van der Waals surface area (Å²) in [6.07, 6.45) is 0. The molecular weight excluding hydrogens is 611 g/mol. The third-order valence-electron chi connectivity index (χ3n) is 10.3. The molecule has 0 fully saturated rings. The molecule has 0 saturated carbocycles. The zero-order chi connectivity index (χ0) is 33.4. The van der Waals surface area contributed by atoms with Crippen molar-refractivity contribution in [2.24, 2.45) is 0 Å². The van der Waals surface area contributed by atoms with E-state index in [1.807, 2.05) is 60.7 Å². The number of hydrogen-bond acceptors (Lipinski definition) is 4. The number of nitrogens with zero attached hydrogens (tertiary/aromatic N) is 3. The van der Waals surface area contributed by atoms with Crippen LogP contribution in [-0.2, 0) is 5.41 Å². The van der Waals surface area contributed by atoms with Gasteiger partial charge in [0.25, 0.3) is 0 Å². The Balaban J connectivity index is 1.11. The van der Waals surface area contributed by atoms with Crippen molar-refractivity contribution in [3.8, 4) is 56.4 Å². The Morgan fingerprint density at radius 1 is 0.420 bits per heavy atom. The van der Waals surface area contributed by atoms with E-state index in [1.54, 1.807) is 0 Å². The van der Waals surface area contributed by atoms with Crippen molar-refractivity contribution in [3.63, 3.8) is 0 Å². The van der Waals surface area contributed by atoms with Gasteiger partial charge < -0.3 is 4.42 Å². The highest BCUT2D eigenvalue weighted by Gasteiger charge is 2.35. The molecule has 0 atom stereocenters.